The molecule has 2 aromatic carbocycles. The number of rotatable bonds is 3. The molecule has 0 N–H and O–H groups in total. The number of hydrogen-bond donors (Lipinski definition) is 0. The second-order valence-electron chi connectivity index (χ2n) is 6.22. The fourth-order valence-corrected chi connectivity index (χ4v) is 3.21. The quantitative estimate of drug-likeness (QED) is 0.482. The minimum absolute atomic E-state index is 0.268. The normalized spacial score (nSPS) is 13.9. The molecule has 1 fully saturated rings. The Labute approximate surface area is 158 Å². The van der Waals surface area contributed by atoms with E-state index in [1.54, 1.807) is 12.1 Å². The summed E-state index contributed by atoms with van der Waals surface area (Å²) >= 11 is 0. The van der Waals surface area contributed by atoms with Crippen molar-refractivity contribution in [2.24, 2.45) is 0 Å². The highest BCUT2D eigenvalue weighted by Gasteiger charge is 2.17. The molecule has 3 rings (SSSR count). The Morgan fingerprint density at radius 1 is 1.04 bits per heavy atom. The largest absolute Gasteiger partial charge is 0.423 e. The lowest BCUT2D eigenvalue weighted by Gasteiger charge is -2.21. The molecule has 27 heavy (non-hydrogen) atoms. The van der Waals surface area contributed by atoms with Crippen LogP contribution in [0.5, 0.6) is 5.75 Å². The molecule has 1 aliphatic rings. The van der Waals surface area contributed by atoms with Crippen molar-refractivity contribution in [3.8, 4) is 11.8 Å². The highest BCUT2D eigenvalue weighted by Crippen LogP contribution is 2.32. The molecule has 0 aliphatic heterocycles. The van der Waals surface area contributed by atoms with Crippen LogP contribution in [0.2, 0.25) is 0 Å². The van der Waals surface area contributed by atoms with Crippen LogP contribution in [0.4, 0.5) is 8.78 Å². The van der Waals surface area contributed by atoms with Crippen LogP contribution in [-0.2, 0) is 0 Å². The third-order valence-corrected chi connectivity index (χ3v) is 4.56. The van der Waals surface area contributed by atoms with Crippen LogP contribution in [0, 0.1) is 23.0 Å². The van der Waals surface area contributed by atoms with Crippen molar-refractivity contribution < 1.29 is 18.3 Å². The van der Waals surface area contributed by atoms with Gasteiger partial charge in [0.05, 0.1) is 5.56 Å². The summed E-state index contributed by atoms with van der Waals surface area (Å²) in [4.78, 5) is 12.1. The van der Waals surface area contributed by atoms with Crippen molar-refractivity contribution >= 4 is 5.97 Å². The molecule has 0 spiro atoms. The molecule has 0 atom stereocenters. The number of ether oxygens (including phenoxy) is 1. The van der Waals surface area contributed by atoms with Crippen molar-refractivity contribution in [1.82, 2.24) is 0 Å². The minimum atomic E-state index is -1.06. The summed E-state index contributed by atoms with van der Waals surface area (Å²) in [6.45, 7) is 4.00. The number of carbonyl (C=O) groups excluding carboxylic acids is 1. The fraction of sp³-hybridized carbons (Fsp3) is 0.364. The second kappa shape index (κ2) is 9.82. The molecule has 0 bridgehead atoms. The Morgan fingerprint density at radius 2 is 1.59 bits per heavy atom. The zero-order valence-electron chi connectivity index (χ0n) is 15.6. The van der Waals surface area contributed by atoms with Crippen LogP contribution in [0.1, 0.15) is 73.4 Å². The van der Waals surface area contributed by atoms with Gasteiger partial charge in [-0.15, -0.1) is 0 Å². The van der Waals surface area contributed by atoms with Gasteiger partial charge in [0.2, 0.25) is 0 Å². The summed E-state index contributed by atoms with van der Waals surface area (Å²) in [7, 11) is 0. The van der Waals surface area contributed by atoms with Gasteiger partial charge < -0.3 is 4.74 Å². The lowest BCUT2D eigenvalue weighted by molar-refractivity contribution is 0.0734. The summed E-state index contributed by atoms with van der Waals surface area (Å²) < 4.78 is 32.2. The number of esters is 1. The molecule has 5 heteroatoms. The van der Waals surface area contributed by atoms with Crippen LogP contribution in [0.25, 0.3) is 0 Å². The monoisotopic (exact) mass is 371 g/mol. The number of hydrogen-bond acceptors (Lipinski definition) is 3. The van der Waals surface area contributed by atoms with Crippen LogP contribution in [0.15, 0.2) is 36.4 Å². The molecular weight excluding hydrogens is 348 g/mol. The van der Waals surface area contributed by atoms with Crippen molar-refractivity contribution in [1.29, 1.82) is 5.26 Å². The van der Waals surface area contributed by atoms with Gasteiger partial charge in [-0.3, -0.25) is 0 Å². The van der Waals surface area contributed by atoms with Gasteiger partial charge in [0.1, 0.15) is 29.0 Å². The molecule has 1 aliphatic carbocycles. The fourth-order valence-electron chi connectivity index (χ4n) is 3.21. The van der Waals surface area contributed by atoms with Crippen LogP contribution >= 0.6 is 0 Å². The van der Waals surface area contributed by atoms with Gasteiger partial charge >= 0.3 is 5.97 Å². The molecule has 0 saturated heterocycles. The molecule has 142 valence electrons. The van der Waals surface area contributed by atoms with E-state index >= 15 is 0 Å². The average Bonchev–Trinajstić information content (AvgIpc) is 2.70. The summed E-state index contributed by atoms with van der Waals surface area (Å²) in [6.07, 6.45) is 6.05. The van der Waals surface area contributed by atoms with Crippen LogP contribution < -0.4 is 4.74 Å². The van der Waals surface area contributed by atoms with Gasteiger partial charge in [0, 0.05) is 12.1 Å². The smallest absolute Gasteiger partial charge is 0.343 e. The number of nitrogens with zero attached hydrogens (tertiary/aromatic N) is 1. The van der Waals surface area contributed by atoms with Gasteiger partial charge in [-0.1, -0.05) is 45.2 Å². The summed E-state index contributed by atoms with van der Waals surface area (Å²) in [6, 6.07) is 10.2. The number of benzene rings is 2. The first-order valence-corrected chi connectivity index (χ1v) is 9.30. The second-order valence-corrected chi connectivity index (χ2v) is 6.22. The molecule has 0 radical (unpaired) electrons. The zero-order chi connectivity index (χ0) is 19.8. The third kappa shape index (κ3) is 5.13. The molecule has 1 saturated carbocycles. The minimum Gasteiger partial charge on any atom is -0.423 e. The summed E-state index contributed by atoms with van der Waals surface area (Å²) in [5.41, 5.74) is 0.813. The van der Waals surface area contributed by atoms with E-state index in [-0.39, 0.29) is 5.75 Å². The Kier molecular flexibility index (Phi) is 7.48. The number of nitriles is 1. The Bertz CT molecular complexity index is 796. The first kappa shape index (κ1) is 20.6. The van der Waals surface area contributed by atoms with Crippen molar-refractivity contribution in [3.63, 3.8) is 0 Å². The predicted octanol–water partition coefficient (Wildman–Crippen LogP) is 6.13. The van der Waals surface area contributed by atoms with E-state index in [0.717, 1.165) is 25.0 Å². The van der Waals surface area contributed by atoms with Crippen LogP contribution in [-0.4, -0.2) is 5.97 Å². The molecule has 0 unspecified atom stereocenters. The Morgan fingerprint density at radius 3 is 2.11 bits per heavy atom. The van der Waals surface area contributed by atoms with E-state index in [2.05, 4.69) is 0 Å². The van der Waals surface area contributed by atoms with Gasteiger partial charge in [-0.05, 0) is 36.5 Å². The molecule has 0 heterocycles. The molecular formula is C22H23F2NO2. The maximum absolute atomic E-state index is 13.6. The van der Waals surface area contributed by atoms with E-state index in [9.17, 15) is 13.6 Å². The Hall–Kier alpha value is -2.74. The third-order valence-electron chi connectivity index (χ3n) is 4.56. The average molecular weight is 371 g/mol. The zero-order valence-corrected chi connectivity index (χ0v) is 15.6. The maximum Gasteiger partial charge on any atom is 0.343 e. The SMILES string of the molecule is CC.N#Cc1c(F)cc(OC(=O)c2ccc(C3CCCCC3)cc2)cc1F. The standard InChI is InChI=1S/C20H17F2NO2.C2H6/c21-18-10-16(11-19(22)17(18)12-23)25-20(24)15-8-6-14(7-9-15)13-4-2-1-3-5-13;1-2/h6-11,13H,1-5H2;1-2H3. The van der Waals surface area contributed by atoms with Gasteiger partial charge in [-0.25, -0.2) is 13.6 Å². The predicted molar refractivity (Wildman–Crippen MR) is 99.6 cm³/mol. The number of halogens is 2. The highest BCUT2D eigenvalue weighted by atomic mass is 19.1. The topological polar surface area (TPSA) is 50.1 Å². The van der Waals surface area contributed by atoms with E-state index < -0.39 is 23.2 Å². The van der Waals surface area contributed by atoms with Crippen molar-refractivity contribution in [2.75, 3.05) is 0 Å². The lowest BCUT2D eigenvalue weighted by Crippen LogP contribution is -2.10. The van der Waals surface area contributed by atoms with E-state index in [1.165, 1.54) is 30.9 Å². The molecule has 3 nitrogen and oxygen atoms in total. The summed E-state index contributed by atoms with van der Waals surface area (Å²) in [5.74, 6) is -2.55. The number of carbonyl (C=O) groups is 1. The molecule has 0 aromatic heterocycles. The lowest BCUT2D eigenvalue weighted by atomic mass is 9.84. The van der Waals surface area contributed by atoms with Crippen LogP contribution in [0.3, 0.4) is 0 Å². The first-order valence-electron chi connectivity index (χ1n) is 9.30. The molecule has 0 amide bonds. The highest BCUT2D eigenvalue weighted by molar-refractivity contribution is 5.91. The molecule has 2 aromatic rings. The van der Waals surface area contributed by atoms with E-state index in [1.807, 2.05) is 26.0 Å². The van der Waals surface area contributed by atoms with Crippen molar-refractivity contribution in [2.45, 2.75) is 51.9 Å². The first-order chi connectivity index (χ1) is 13.1. The van der Waals surface area contributed by atoms with E-state index in [0.29, 0.717) is 11.5 Å². The van der Waals surface area contributed by atoms with E-state index in [4.69, 9.17) is 10.00 Å². The maximum atomic E-state index is 13.6. The Balaban J connectivity index is 0.00000126. The summed E-state index contributed by atoms with van der Waals surface area (Å²) in [5, 5.41) is 8.65. The van der Waals surface area contributed by atoms with Gasteiger partial charge in [0.25, 0.3) is 0 Å². The van der Waals surface area contributed by atoms with Gasteiger partial charge in [0.15, 0.2) is 0 Å². The van der Waals surface area contributed by atoms with Crippen molar-refractivity contribution in [3.05, 3.63) is 64.7 Å². The van der Waals surface area contributed by atoms with Gasteiger partial charge in [-0.2, -0.15) is 5.26 Å².